The molecule has 0 radical (unpaired) electrons. The molecular weight excluding hydrogens is 395 g/mol. The summed E-state index contributed by atoms with van der Waals surface area (Å²) in [4.78, 5) is 5.31. The van der Waals surface area contributed by atoms with Gasteiger partial charge in [-0.1, -0.05) is 12.1 Å². The maximum Gasteiger partial charge on any atom is 0.468 e. The maximum atomic E-state index is 13.1. The first-order valence-electron chi connectivity index (χ1n) is 7.96. The summed E-state index contributed by atoms with van der Waals surface area (Å²) in [7, 11) is -0.249. The van der Waals surface area contributed by atoms with Crippen molar-refractivity contribution in [1.82, 2.24) is 4.98 Å². The third kappa shape index (κ3) is 4.02. The van der Waals surface area contributed by atoms with Crippen molar-refractivity contribution in [3.63, 3.8) is 0 Å². The number of hydrogen-bond acceptors (Lipinski definition) is 5. The van der Waals surface area contributed by atoms with Gasteiger partial charge in [0.15, 0.2) is 5.76 Å². The lowest BCUT2D eigenvalue weighted by molar-refractivity contribution is -0.156. The van der Waals surface area contributed by atoms with Gasteiger partial charge in [-0.05, 0) is 36.4 Å². The van der Waals surface area contributed by atoms with E-state index in [-0.39, 0.29) is 21.9 Å². The van der Waals surface area contributed by atoms with Gasteiger partial charge in [-0.2, -0.15) is 13.2 Å². The number of hydrogen-bond donors (Lipinski definition) is 1. The molecular formula is C18H16F3N3O3S. The van der Waals surface area contributed by atoms with E-state index in [1.165, 1.54) is 24.3 Å². The number of aromatic nitrogens is 1. The fraction of sp³-hybridized carbons (Fsp3) is 0.167. The standard InChI is InChI=1S/C18H16F3N3O3S/c1-24(2)13-7-3-11(4-8-13)15-16(27-17(23-15)18(19,20)21)12-5-9-14(10-6-12)28(22,25)26/h3-10H,1-2H3,(H2,22,25,26). The Bertz CT molecular complexity index is 1090. The molecule has 6 nitrogen and oxygen atoms in total. The van der Waals surface area contributed by atoms with E-state index >= 15 is 0 Å². The SMILES string of the molecule is CN(C)c1ccc(-c2nc(C(F)(F)F)oc2-c2ccc(S(N)(=O)=O)cc2)cc1. The van der Waals surface area contributed by atoms with E-state index in [4.69, 9.17) is 9.56 Å². The van der Waals surface area contributed by atoms with Crippen molar-refractivity contribution in [3.8, 4) is 22.6 Å². The summed E-state index contributed by atoms with van der Waals surface area (Å²) in [5, 5.41) is 5.05. The topological polar surface area (TPSA) is 89.4 Å². The first-order chi connectivity index (χ1) is 13.0. The van der Waals surface area contributed by atoms with Gasteiger partial charge in [0.05, 0.1) is 4.90 Å². The second-order valence-corrected chi connectivity index (χ2v) is 7.77. The fourth-order valence-electron chi connectivity index (χ4n) is 2.55. The Morgan fingerprint density at radius 2 is 1.50 bits per heavy atom. The van der Waals surface area contributed by atoms with Crippen LogP contribution in [-0.2, 0) is 16.2 Å². The number of primary sulfonamides is 1. The van der Waals surface area contributed by atoms with E-state index in [2.05, 4.69) is 4.98 Å². The fourth-order valence-corrected chi connectivity index (χ4v) is 3.06. The molecule has 0 amide bonds. The molecule has 0 unspecified atom stereocenters. The molecule has 0 saturated heterocycles. The lowest BCUT2D eigenvalue weighted by atomic mass is 10.1. The number of rotatable bonds is 4. The lowest BCUT2D eigenvalue weighted by Gasteiger charge is -2.12. The number of halogens is 3. The Kier molecular flexibility index (Phi) is 4.94. The van der Waals surface area contributed by atoms with E-state index in [1.807, 2.05) is 19.0 Å². The molecule has 10 heteroatoms. The molecule has 3 aromatic rings. The molecule has 2 aromatic carbocycles. The van der Waals surface area contributed by atoms with E-state index in [9.17, 15) is 21.6 Å². The van der Waals surface area contributed by atoms with E-state index in [1.54, 1.807) is 24.3 Å². The summed E-state index contributed by atoms with van der Waals surface area (Å²) < 4.78 is 67.2. The zero-order valence-electron chi connectivity index (χ0n) is 14.9. The number of benzene rings is 2. The van der Waals surface area contributed by atoms with Crippen molar-refractivity contribution < 1.29 is 26.0 Å². The predicted octanol–water partition coefficient (Wildman–Crippen LogP) is 3.74. The van der Waals surface area contributed by atoms with Crippen molar-refractivity contribution in [2.45, 2.75) is 11.1 Å². The molecule has 0 bridgehead atoms. The molecule has 0 aliphatic carbocycles. The summed E-state index contributed by atoms with van der Waals surface area (Å²) in [6, 6.07) is 11.8. The van der Waals surface area contributed by atoms with Gasteiger partial charge in [0.1, 0.15) is 5.69 Å². The number of oxazole rings is 1. The number of nitrogens with zero attached hydrogens (tertiary/aromatic N) is 2. The van der Waals surface area contributed by atoms with Crippen LogP contribution in [0, 0.1) is 0 Å². The van der Waals surface area contributed by atoms with Crippen LogP contribution in [0.1, 0.15) is 5.89 Å². The van der Waals surface area contributed by atoms with Crippen LogP contribution >= 0.6 is 0 Å². The Balaban J connectivity index is 2.13. The molecule has 148 valence electrons. The Hall–Kier alpha value is -2.85. The molecule has 28 heavy (non-hydrogen) atoms. The highest BCUT2D eigenvalue weighted by Crippen LogP contribution is 2.38. The Labute approximate surface area is 159 Å². The van der Waals surface area contributed by atoms with Gasteiger partial charge in [-0.15, -0.1) is 0 Å². The first-order valence-corrected chi connectivity index (χ1v) is 9.50. The van der Waals surface area contributed by atoms with Crippen LogP contribution in [0.25, 0.3) is 22.6 Å². The van der Waals surface area contributed by atoms with Crippen molar-refractivity contribution in [1.29, 1.82) is 0 Å². The largest absolute Gasteiger partial charge is 0.468 e. The van der Waals surface area contributed by atoms with Crippen LogP contribution in [0.5, 0.6) is 0 Å². The minimum Gasteiger partial charge on any atom is -0.432 e. The number of sulfonamides is 1. The van der Waals surface area contributed by atoms with Gasteiger partial charge < -0.3 is 9.32 Å². The average molecular weight is 411 g/mol. The second kappa shape index (κ2) is 6.95. The molecule has 0 aliphatic rings. The normalized spacial score (nSPS) is 12.2. The predicted molar refractivity (Wildman–Crippen MR) is 98.1 cm³/mol. The molecule has 0 atom stereocenters. The van der Waals surface area contributed by atoms with Crippen LogP contribution in [-0.4, -0.2) is 27.5 Å². The molecule has 0 fully saturated rings. The van der Waals surface area contributed by atoms with Crippen molar-refractivity contribution in [2.24, 2.45) is 5.14 Å². The summed E-state index contributed by atoms with van der Waals surface area (Å²) in [5.41, 5.74) is 1.53. The van der Waals surface area contributed by atoms with Crippen LogP contribution < -0.4 is 10.0 Å². The summed E-state index contributed by atoms with van der Waals surface area (Å²) in [5.74, 6) is -1.50. The summed E-state index contributed by atoms with van der Waals surface area (Å²) in [6.07, 6.45) is -4.77. The second-order valence-electron chi connectivity index (χ2n) is 6.21. The van der Waals surface area contributed by atoms with Crippen molar-refractivity contribution in [3.05, 3.63) is 54.4 Å². The summed E-state index contributed by atoms with van der Waals surface area (Å²) >= 11 is 0. The van der Waals surface area contributed by atoms with E-state index in [0.29, 0.717) is 5.56 Å². The van der Waals surface area contributed by atoms with Crippen molar-refractivity contribution in [2.75, 3.05) is 19.0 Å². The van der Waals surface area contributed by atoms with E-state index in [0.717, 1.165) is 5.69 Å². The Morgan fingerprint density at radius 3 is 1.96 bits per heavy atom. The van der Waals surface area contributed by atoms with Gasteiger partial charge in [0, 0.05) is 30.9 Å². The van der Waals surface area contributed by atoms with Gasteiger partial charge in [0.25, 0.3) is 0 Å². The number of alkyl halides is 3. The molecule has 0 aliphatic heterocycles. The molecule has 0 saturated carbocycles. The van der Waals surface area contributed by atoms with Gasteiger partial charge in [0.2, 0.25) is 10.0 Å². The third-order valence-corrected chi connectivity index (χ3v) is 4.90. The zero-order chi connectivity index (χ0) is 20.7. The smallest absolute Gasteiger partial charge is 0.432 e. The zero-order valence-corrected chi connectivity index (χ0v) is 15.7. The van der Waals surface area contributed by atoms with Crippen LogP contribution in [0.4, 0.5) is 18.9 Å². The molecule has 2 N–H and O–H groups in total. The highest BCUT2D eigenvalue weighted by atomic mass is 32.2. The molecule has 3 rings (SSSR count). The average Bonchev–Trinajstić information content (AvgIpc) is 3.07. The van der Waals surface area contributed by atoms with Gasteiger partial charge in [-0.25, -0.2) is 18.5 Å². The maximum absolute atomic E-state index is 13.1. The molecule has 1 aromatic heterocycles. The van der Waals surface area contributed by atoms with Crippen molar-refractivity contribution >= 4 is 15.7 Å². The molecule has 0 spiro atoms. The van der Waals surface area contributed by atoms with E-state index < -0.39 is 22.1 Å². The molecule has 1 heterocycles. The minimum absolute atomic E-state index is 0.000914. The first kappa shape index (κ1) is 19.9. The number of nitrogens with two attached hydrogens (primary N) is 1. The van der Waals surface area contributed by atoms with Gasteiger partial charge in [-0.3, -0.25) is 0 Å². The highest BCUT2D eigenvalue weighted by Gasteiger charge is 2.39. The van der Waals surface area contributed by atoms with Crippen LogP contribution in [0.3, 0.4) is 0 Å². The number of anilines is 1. The van der Waals surface area contributed by atoms with Crippen LogP contribution in [0.15, 0.2) is 57.8 Å². The third-order valence-electron chi connectivity index (χ3n) is 3.97. The highest BCUT2D eigenvalue weighted by molar-refractivity contribution is 7.89. The quantitative estimate of drug-likeness (QED) is 0.706. The lowest BCUT2D eigenvalue weighted by Crippen LogP contribution is -2.11. The van der Waals surface area contributed by atoms with Crippen LogP contribution in [0.2, 0.25) is 0 Å². The Morgan fingerprint density at radius 1 is 0.964 bits per heavy atom. The summed E-state index contributed by atoms with van der Waals surface area (Å²) in [6.45, 7) is 0. The minimum atomic E-state index is -4.77. The van der Waals surface area contributed by atoms with Gasteiger partial charge >= 0.3 is 12.1 Å². The monoisotopic (exact) mass is 411 g/mol.